The maximum atomic E-state index is 12.6. The van der Waals surface area contributed by atoms with Gasteiger partial charge in [-0.25, -0.2) is 0 Å². The molecule has 0 radical (unpaired) electrons. The zero-order valence-electron chi connectivity index (χ0n) is 16.1. The van der Waals surface area contributed by atoms with Crippen molar-refractivity contribution in [3.05, 3.63) is 71.7 Å². The topological polar surface area (TPSA) is 54.9 Å². The van der Waals surface area contributed by atoms with Crippen molar-refractivity contribution in [2.45, 2.75) is 33.7 Å². The SMILES string of the molecule is C[C@H](NC(=O)c1cnc2c(C#CC(C)(C)C)cccc2c1)c1ccccn1. The number of carbonyl (C=O) groups excluding carboxylic acids is 1. The van der Waals surface area contributed by atoms with Gasteiger partial charge in [0.1, 0.15) is 0 Å². The number of pyridine rings is 2. The number of carbonyl (C=O) groups is 1. The van der Waals surface area contributed by atoms with Gasteiger partial charge in [0.2, 0.25) is 0 Å². The summed E-state index contributed by atoms with van der Waals surface area (Å²) in [5, 5.41) is 3.86. The number of nitrogens with zero attached hydrogens (tertiary/aromatic N) is 2. The molecule has 0 fully saturated rings. The van der Waals surface area contributed by atoms with E-state index in [2.05, 4.69) is 47.9 Å². The average molecular weight is 357 g/mol. The minimum absolute atomic E-state index is 0.0798. The van der Waals surface area contributed by atoms with Crippen LogP contribution in [-0.2, 0) is 0 Å². The zero-order valence-corrected chi connectivity index (χ0v) is 16.1. The Morgan fingerprint density at radius 2 is 1.93 bits per heavy atom. The van der Waals surface area contributed by atoms with Gasteiger partial charge >= 0.3 is 0 Å². The van der Waals surface area contributed by atoms with Gasteiger partial charge in [-0.3, -0.25) is 14.8 Å². The van der Waals surface area contributed by atoms with Crippen LogP contribution in [0.15, 0.2) is 54.9 Å². The van der Waals surface area contributed by atoms with E-state index in [1.807, 2.05) is 49.4 Å². The summed E-state index contributed by atoms with van der Waals surface area (Å²) in [6.07, 6.45) is 3.32. The maximum absolute atomic E-state index is 12.6. The number of benzene rings is 1. The van der Waals surface area contributed by atoms with Crippen LogP contribution in [0, 0.1) is 17.3 Å². The number of para-hydroxylation sites is 1. The Morgan fingerprint density at radius 1 is 1.11 bits per heavy atom. The lowest BCUT2D eigenvalue weighted by Crippen LogP contribution is -2.27. The number of aromatic nitrogens is 2. The van der Waals surface area contributed by atoms with Crippen LogP contribution in [0.3, 0.4) is 0 Å². The Kier molecular flexibility index (Phi) is 5.23. The second-order valence-electron chi connectivity index (χ2n) is 7.55. The molecule has 0 saturated carbocycles. The van der Waals surface area contributed by atoms with Crippen molar-refractivity contribution < 1.29 is 4.79 Å². The van der Waals surface area contributed by atoms with Crippen LogP contribution in [0.2, 0.25) is 0 Å². The summed E-state index contributed by atoms with van der Waals surface area (Å²) in [5.74, 6) is 6.27. The molecule has 1 N–H and O–H groups in total. The highest BCUT2D eigenvalue weighted by Gasteiger charge is 2.13. The fourth-order valence-electron chi connectivity index (χ4n) is 2.63. The van der Waals surface area contributed by atoms with Crippen molar-refractivity contribution in [2.75, 3.05) is 0 Å². The lowest BCUT2D eigenvalue weighted by Gasteiger charge is -2.13. The largest absolute Gasteiger partial charge is 0.344 e. The zero-order chi connectivity index (χ0) is 19.4. The van der Waals surface area contributed by atoms with E-state index in [9.17, 15) is 4.79 Å². The monoisotopic (exact) mass is 357 g/mol. The van der Waals surface area contributed by atoms with E-state index in [-0.39, 0.29) is 17.4 Å². The highest BCUT2D eigenvalue weighted by molar-refractivity contribution is 5.98. The number of fused-ring (bicyclic) bond motifs is 1. The van der Waals surface area contributed by atoms with Gasteiger partial charge in [0, 0.05) is 23.2 Å². The van der Waals surface area contributed by atoms with E-state index in [1.165, 1.54) is 0 Å². The third-order valence-electron chi connectivity index (χ3n) is 4.02. The predicted octanol–water partition coefficient (Wildman–Crippen LogP) is 4.52. The fraction of sp³-hybridized carbons (Fsp3) is 0.261. The molecular weight excluding hydrogens is 334 g/mol. The minimum Gasteiger partial charge on any atom is -0.344 e. The van der Waals surface area contributed by atoms with Gasteiger partial charge in [-0.1, -0.05) is 30.0 Å². The summed E-state index contributed by atoms with van der Waals surface area (Å²) >= 11 is 0. The molecule has 0 aliphatic carbocycles. The van der Waals surface area contributed by atoms with Crippen molar-refractivity contribution in [2.24, 2.45) is 5.41 Å². The van der Waals surface area contributed by atoms with Gasteiger partial charge in [-0.2, -0.15) is 0 Å². The molecular formula is C23H23N3O. The van der Waals surface area contributed by atoms with E-state index in [1.54, 1.807) is 12.4 Å². The lowest BCUT2D eigenvalue weighted by molar-refractivity contribution is 0.0939. The van der Waals surface area contributed by atoms with Crippen LogP contribution < -0.4 is 5.32 Å². The first-order chi connectivity index (χ1) is 12.8. The summed E-state index contributed by atoms with van der Waals surface area (Å²) in [4.78, 5) is 21.4. The molecule has 0 bridgehead atoms. The van der Waals surface area contributed by atoms with Crippen LogP contribution in [0.4, 0.5) is 0 Å². The summed E-state index contributed by atoms with van der Waals surface area (Å²) in [7, 11) is 0. The second kappa shape index (κ2) is 7.59. The van der Waals surface area contributed by atoms with Gasteiger partial charge in [-0.15, -0.1) is 0 Å². The molecule has 136 valence electrons. The third kappa shape index (κ3) is 4.71. The molecule has 0 spiro atoms. The van der Waals surface area contributed by atoms with Gasteiger partial charge in [0.25, 0.3) is 5.91 Å². The Labute approximate surface area is 160 Å². The van der Waals surface area contributed by atoms with E-state index in [0.717, 1.165) is 22.2 Å². The first kappa shape index (κ1) is 18.6. The molecule has 4 heteroatoms. The van der Waals surface area contributed by atoms with Gasteiger partial charge in [-0.05, 0) is 52.0 Å². The summed E-state index contributed by atoms with van der Waals surface area (Å²) in [5.41, 5.74) is 2.94. The molecule has 0 aliphatic heterocycles. The fourth-order valence-corrected chi connectivity index (χ4v) is 2.63. The molecule has 4 nitrogen and oxygen atoms in total. The second-order valence-corrected chi connectivity index (χ2v) is 7.55. The number of amides is 1. The lowest BCUT2D eigenvalue weighted by atomic mass is 9.97. The normalized spacial score (nSPS) is 12.1. The van der Waals surface area contributed by atoms with E-state index >= 15 is 0 Å². The van der Waals surface area contributed by atoms with Crippen LogP contribution >= 0.6 is 0 Å². The van der Waals surface area contributed by atoms with Crippen LogP contribution in [0.1, 0.15) is 55.4 Å². The predicted molar refractivity (Wildman–Crippen MR) is 108 cm³/mol. The van der Waals surface area contributed by atoms with Gasteiger partial charge in [0.05, 0.1) is 28.4 Å². The molecule has 0 aliphatic rings. The van der Waals surface area contributed by atoms with Crippen molar-refractivity contribution in [3.8, 4) is 11.8 Å². The highest BCUT2D eigenvalue weighted by Crippen LogP contribution is 2.19. The Bertz CT molecular complexity index is 1020. The molecule has 1 amide bonds. The number of hydrogen-bond acceptors (Lipinski definition) is 3. The Hall–Kier alpha value is -3.19. The van der Waals surface area contributed by atoms with Crippen molar-refractivity contribution in [3.63, 3.8) is 0 Å². The molecule has 27 heavy (non-hydrogen) atoms. The van der Waals surface area contributed by atoms with E-state index < -0.39 is 0 Å². The summed E-state index contributed by atoms with van der Waals surface area (Å²) in [6.45, 7) is 8.13. The molecule has 2 heterocycles. The third-order valence-corrected chi connectivity index (χ3v) is 4.02. The van der Waals surface area contributed by atoms with E-state index in [4.69, 9.17) is 0 Å². The van der Waals surface area contributed by atoms with Crippen molar-refractivity contribution in [1.82, 2.24) is 15.3 Å². The first-order valence-corrected chi connectivity index (χ1v) is 8.97. The number of hydrogen-bond donors (Lipinski definition) is 1. The van der Waals surface area contributed by atoms with Crippen LogP contribution in [-0.4, -0.2) is 15.9 Å². The van der Waals surface area contributed by atoms with E-state index in [0.29, 0.717) is 5.56 Å². The molecule has 1 aromatic carbocycles. The maximum Gasteiger partial charge on any atom is 0.253 e. The molecule has 0 saturated heterocycles. The number of rotatable bonds is 3. The van der Waals surface area contributed by atoms with Crippen LogP contribution in [0.5, 0.6) is 0 Å². The van der Waals surface area contributed by atoms with Crippen molar-refractivity contribution >= 4 is 16.8 Å². The standard InChI is InChI=1S/C23H23N3O/c1-16(20-10-5-6-13-24-20)26-22(27)19-14-18-9-7-8-17(21(18)25-15-19)11-12-23(2,3)4/h5-10,13-16H,1-4H3,(H,26,27)/t16-/m0/s1. The molecule has 2 aromatic heterocycles. The molecule has 1 atom stereocenters. The van der Waals surface area contributed by atoms with Crippen molar-refractivity contribution in [1.29, 1.82) is 0 Å². The quantitative estimate of drug-likeness (QED) is 0.701. The van der Waals surface area contributed by atoms with Gasteiger partial charge in [0.15, 0.2) is 0 Å². The number of nitrogens with one attached hydrogen (secondary N) is 1. The smallest absolute Gasteiger partial charge is 0.253 e. The summed E-state index contributed by atoms with van der Waals surface area (Å²) < 4.78 is 0. The molecule has 3 rings (SSSR count). The minimum atomic E-state index is -0.182. The van der Waals surface area contributed by atoms with Crippen LogP contribution in [0.25, 0.3) is 10.9 Å². The highest BCUT2D eigenvalue weighted by atomic mass is 16.1. The molecule has 0 unspecified atom stereocenters. The Morgan fingerprint density at radius 3 is 2.63 bits per heavy atom. The summed E-state index contributed by atoms with van der Waals surface area (Å²) in [6, 6.07) is 13.2. The van der Waals surface area contributed by atoms with Gasteiger partial charge < -0.3 is 5.32 Å². The molecule has 3 aromatic rings. The Balaban J connectivity index is 1.86. The first-order valence-electron chi connectivity index (χ1n) is 8.97. The average Bonchev–Trinajstić information content (AvgIpc) is 2.65.